The molecule has 0 aliphatic heterocycles. The lowest BCUT2D eigenvalue weighted by atomic mass is 9.94. The molecule has 0 aromatic heterocycles. The van der Waals surface area contributed by atoms with Gasteiger partial charge in [-0.25, -0.2) is 0 Å². The van der Waals surface area contributed by atoms with Gasteiger partial charge in [0.2, 0.25) is 0 Å². The van der Waals surface area contributed by atoms with Gasteiger partial charge < -0.3 is 14.3 Å². The standard InChI is InChI=1S/C25H35BrO4Si/c1-7-29-23(28)25(6,26)22(27)19(2)18-30-31(24(3,4)5,20-14-10-8-11-15-20)21-16-12-9-13-17-21/h8-17,19,22,27H,7,18H2,1-6H3/t19-,22-,25+/m1/s1. The second-order valence-corrected chi connectivity index (χ2v) is 15.1. The van der Waals surface area contributed by atoms with Crippen molar-refractivity contribution < 1.29 is 19.1 Å². The molecule has 6 heteroatoms. The summed E-state index contributed by atoms with van der Waals surface area (Å²) in [5.74, 6) is -0.768. The van der Waals surface area contributed by atoms with Gasteiger partial charge in [0.1, 0.15) is 4.32 Å². The Labute approximate surface area is 196 Å². The lowest BCUT2D eigenvalue weighted by Gasteiger charge is -2.44. The minimum absolute atomic E-state index is 0.154. The van der Waals surface area contributed by atoms with Gasteiger partial charge in [-0.1, -0.05) is 104 Å². The number of rotatable bonds is 9. The molecule has 31 heavy (non-hydrogen) atoms. The van der Waals surface area contributed by atoms with Gasteiger partial charge in [0, 0.05) is 12.5 Å². The molecule has 0 spiro atoms. The fraction of sp³-hybridized carbons (Fsp3) is 0.480. The number of hydrogen-bond donors (Lipinski definition) is 1. The first kappa shape index (κ1) is 25.8. The van der Waals surface area contributed by atoms with E-state index in [4.69, 9.17) is 9.16 Å². The van der Waals surface area contributed by atoms with E-state index in [1.165, 1.54) is 10.4 Å². The number of aliphatic hydroxyl groups is 1. The monoisotopic (exact) mass is 506 g/mol. The van der Waals surface area contributed by atoms with Crippen molar-refractivity contribution in [3.8, 4) is 0 Å². The molecule has 1 N–H and O–H groups in total. The van der Waals surface area contributed by atoms with Crippen molar-refractivity contribution >= 4 is 40.6 Å². The number of esters is 1. The van der Waals surface area contributed by atoms with Gasteiger partial charge in [-0.3, -0.25) is 4.79 Å². The molecule has 0 bridgehead atoms. The van der Waals surface area contributed by atoms with Crippen LogP contribution >= 0.6 is 15.9 Å². The van der Waals surface area contributed by atoms with Crippen LogP contribution in [0.1, 0.15) is 41.5 Å². The maximum atomic E-state index is 12.4. The molecule has 4 nitrogen and oxygen atoms in total. The third-order valence-corrected chi connectivity index (χ3v) is 11.5. The molecule has 0 amide bonds. The molecule has 0 saturated carbocycles. The van der Waals surface area contributed by atoms with E-state index in [1.807, 2.05) is 43.3 Å². The highest BCUT2D eigenvalue weighted by atomic mass is 79.9. The fourth-order valence-electron chi connectivity index (χ4n) is 4.04. The Morgan fingerprint density at radius 1 is 1.00 bits per heavy atom. The van der Waals surface area contributed by atoms with Crippen LogP contribution < -0.4 is 10.4 Å². The van der Waals surface area contributed by atoms with Gasteiger partial charge in [0.25, 0.3) is 8.32 Å². The molecule has 0 aliphatic carbocycles. The number of halogens is 1. The zero-order valence-electron chi connectivity index (χ0n) is 19.4. The Hall–Kier alpha value is -1.47. The number of carbonyl (C=O) groups excluding carboxylic acids is 1. The number of ether oxygens (including phenoxy) is 1. The largest absolute Gasteiger partial charge is 0.465 e. The van der Waals surface area contributed by atoms with Crippen LogP contribution in [-0.4, -0.2) is 43.0 Å². The van der Waals surface area contributed by atoms with Crippen LogP contribution in [0.15, 0.2) is 60.7 Å². The summed E-state index contributed by atoms with van der Waals surface area (Å²) in [6.07, 6.45) is -0.968. The normalized spacial score (nSPS) is 16.3. The summed E-state index contributed by atoms with van der Waals surface area (Å²) in [4.78, 5) is 12.4. The van der Waals surface area contributed by atoms with Crippen molar-refractivity contribution in [1.29, 1.82) is 0 Å². The third-order valence-electron chi connectivity index (χ3n) is 5.75. The Morgan fingerprint density at radius 2 is 1.45 bits per heavy atom. The van der Waals surface area contributed by atoms with E-state index >= 15 is 0 Å². The van der Waals surface area contributed by atoms with Crippen LogP contribution in [0.5, 0.6) is 0 Å². The highest BCUT2D eigenvalue weighted by Crippen LogP contribution is 2.38. The average Bonchev–Trinajstić information content (AvgIpc) is 2.74. The van der Waals surface area contributed by atoms with Crippen LogP contribution in [0, 0.1) is 5.92 Å². The molecule has 0 heterocycles. The Bertz CT molecular complexity index is 794. The Morgan fingerprint density at radius 3 is 1.84 bits per heavy atom. The lowest BCUT2D eigenvalue weighted by molar-refractivity contribution is -0.149. The molecule has 0 fully saturated rings. The van der Waals surface area contributed by atoms with E-state index in [9.17, 15) is 9.90 Å². The van der Waals surface area contributed by atoms with Gasteiger partial charge in [0.05, 0.1) is 12.7 Å². The van der Waals surface area contributed by atoms with Gasteiger partial charge in [-0.2, -0.15) is 0 Å². The fourth-order valence-corrected chi connectivity index (χ4v) is 9.27. The van der Waals surface area contributed by atoms with E-state index in [0.717, 1.165) is 0 Å². The van der Waals surface area contributed by atoms with Gasteiger partial charge in [-0.15, -0.1) is 0 Å². The van der Waals surface area contributed by atoms with Gasteiger partial charge >= 0.3 is 5.97 Å². The topological polar surface area (TPSA) is 55.8 Å². The molecule has 0 saturated heterocycles. The Balaban J connectivity index is 2.42. The quantitative estimate of drug-likeness (QED) is 0.313. The summed E-state index contributed by atoms with van der Waals surface area (Å²) in [5, 5.41) is 13.2. The molecule has 0 unspecified atom stereocenters. The van der Waals surface area contributed by atoms with Crippen molar-refractivity contribution in [2.24, 2.45) is 5.92 Å². The lowest BCUT2D eigenvalue weighted by Crippen LogP contribution is -2.67. The SMILES string of the molecule is CCOC(=O)[C@@](C)(Br)[C@H](O)[C@H](C)CO[Si](c1ccccc1)(c1ccccc1)C(C)(C)C. The first-order chi connectivity index (χ1) is 14.5. The number of carbonyl (C=O) groups is 1. The van der Waals surface area contributed by atoms with Crippen LogP contribution in [0.25, 0.3) is 0 Å². The smallest absolute Gasteiger partial charge is 0.325 e. The highest BCUT2D eigenvalue weighted by molar-refractivity contribution is 9.10. The van der Waals surface area contributed by atoms with E-state index in [0.29, 0.717) is 6.61 Å². The van der Waals surface area contributed by atoms with Gasteiger partial charge in [0.15, 0.2) is 0 Å². The molecule has 170 valence electrons. The van der Waals surface area contributed by atoms with E-state index in [2.05, 4.69) is 61.0 Å². The third kappa shape index (κ3) is 5.48. The zero-order chi connectivity index (χ0) is 23.3. The minimum Gasteiger partial charge on any atom is -0.465 e. The van der Waals surface area contributed by atoms with Crippen LogP contribution in [0.2, 0.25) is 5.04 Å². The summed E-state index contributed by atoms with van der Waals surface area (Å²) >= 11 is 3.40. The van der Waals surface area contributed by atoms with Crippen LogP contribution in [0.3, 0.4) is 0 Å². The van der Waals surface area contributed by atoms with Crippen LogP contribution in [0.4, 0.5) is 0 Å². The second-order valence-electron chi connectivity index (χ2n) is 9.19. The molecular weight excluding hydrogens is 472 g/mol. The summed E-state index contributed by atoms with van der Waals surface area (Å²) in [6.45, 7) is 12.5. The molecular formula is C25H35BrO4Si. The van der Waals surface area contributed by atoms with Crippen molar-refractivity contribution in [2.45, 2.75) is 57.0 Å². The van der Waals surface area contributed by atoms with E-state index in [-0.39, 0.29) is 17.6 Å². The predicted octanol–water partition coefficient (Wildman–Crippen LogP) is 4.28. The molecule has 2 rings (SSSR count). The molecule has 3 atom stereocenters. The molecule has 2 aromatic carbocycles. The second kappa shape index (κ2) is 10.4. The first-order valence-corrected chi connectivity index (χ1v) is 13.5. The zero-order valence-corrected chi connectivity index (χ0v) is 22.0. The maximum Gasteiger partial charge on any atom is 0.325 e. The van der Waals surface area contributed by atoms with Gasteiger partial charge in [-0.05, 0) is 29.3 Å². The minimum atomic E-state index is -2.70. The maximum absolute atomic E-state index is 12.4. The Kier molecular flexibility index (Phi) is 8.67. The number of benzene rings is 2. The first-order valence-electron chi connectivity index (χ1n) is 10.8. The van der Waals surface area contributed by atoms with Crippen LogP contribution in [-0.2, 0) is 14.0 Å². The highest BCUT2D eigenvalue weighted by Gasteiger charge is 2.51. The van der Waals surface area contributed by atoms with Crippen molar-refractivity contribution in [3.05, 3.63) is 60.7 Å². The molecule has 0 radical (unpaired) electrons. The average molecular weight is 508 g/mol. The summed E-state index contributed by atoms with van der Waals surface area (Å²) in [7, 11) is -2.70. The number of alkyl halides is 1. The number of aliphatic hydroxyl groups excluding tert-OH is 1. The summed E-state index contributed by atoms with van der Waals surface area (Å²) in [5.41, 5.74) is 0. The summed E-state index contributed by atoms with van der Waals surface area (Å²) in [6, 6.07) is 20.8. The van der Waals surface area contributed by atoms with E-state index < -0.39 is 24.7 Å². The predicted molar refractivity (Wildman–Crippen MR) is 133 cm³/mol. The number of hydrogen-bond acceptors (Lipinski definition) is 4. The summed E-state index contributed by atoms with van der Waals surface area (Å²) < 4.78 is 10.8. The molecule has 2 aromatic rings. The van der Waals surface area contributed by atoms with E-state index in [1.54, 1.807) is 13.8 Å². The van der Waals surface area contributed by atoms with Crippen molar-refractivity contribution in [3.63, 3.8) is 0 Å². The molecule has 0 aliphatic rings. The van der Waals surface area contributed by atoms with Crippen molar-refractivity contribution in [2.75, 3.05) is 13.2 Å². The van der Waals surface area contributed by atoms with Crippen molar-refractivity contribution in [1.82, 2.24) is 0 Å².